The van der Waals surface area contributed by atoms with Gasteiger partial charge < -0.3 is 4.74 Å². The molecule has 0 aliphatic carbocycles. The van der Waals surface area contributed by atoms with E-state index in [4.69, 9.17) is 4.74 Å². The minimum atomic E-state index is -0.262. The van der Waals surface area contributed by atoms with E-state index in [0.29, 0.717) is 12.4 Å². The van der Waals surface area contributed by atoms with Gasteiger partial charge in [-0.2, -0.15) is 0 Å². The van der Waals surface area contributed by atoms with Crippen molar-refractivity contribution in [3.8, 4) is 5.75 Å². The van der Waals surface area contributed by atoms with Crippen molar-refractivity contribution in [2.45, 2.75) is 13.5 Å². The zero-order chi connectivity index (χ0) is 10.7. The number of benzene rings is 1. The summed E-state index contributed by atoms with van der Waals surface area (Å²) in [6.45, 7) is 2.41. The van der Waals surface area contributed by atoms with Gasteiger partial charge in [0.2, 0.25) is 0 Å². The fraction of sp³-hybridized carbons (Fsp3) is 0.167. The summed E-state index contributed by atoms with van der Waals surface area (Å²) in [6, 6.07) is 8.55. The second-order valence-electron chi connectivity index (χ2n) is 3.28. The molecule has 1 aromatic carbocycles. The van der Waals surface area contributed by atoms with Gasteiger partial charge in [-0.1, -0.05) is 12.1 Å². The molecule has 3 heteroatoms. The summed E-state index contributed by atoms with van der Waals surface area (Å²) in [5.41, 5.74) is 0.952. The number of hydrogen-bond donors (Lipinski definition) is 0. The summed E-state index contributed by atoms with van der Waals surface area (Å²) in [7, 11) is 0. The predicted octanol–water partition coefficient (Wildman–Crippen LogP) is 3.77. The zero-order valence-corrected chi connectivity index (χ0v) is 9.18. The molecule has 2 rings (SSSR count). The largest absolute Gasteiger partial charge is 0.488 e. The van der Waals surface area contributed by atoms with Gasteiger partial charge in [-0.15, -0.1) is 11.3 Å². The van der Waals surface area contributed by atoms with Crippen LogP contribution in [0.25, 0.3) is 0 Å². The fourth-order valence-electron chi connectivity index (χ4n) is 1.27. The van der Waals surface area contributed by atoms with Crippen LogP contribution in [0.15, 0.2) is 35.7 Å². The molecule has 78 valence electrons. The maximum Gasteiger partial charge on any atom is 0.126 e. The Hall–Kier alpha value is -1.35. The van der Waals surface area contributed by atoms with E-state index in [1.165, 1.54) is 12.1 Å². The van der Waals surface area contributed by atoms with E-state index < -0.39 is 0 Å². The highest BCUT2D eigenvalue weighted by Crippen LogP contribution is 2.21. The summed E-state index contributed by atoms with van der Waals surface area (Å²) in [5, 5.41) is 2.00. The van der Waals surface area contributed by atoms with Gasteiger partial charge in [0.1, 0.15) is 18.2 Å². The maximum absolute atomic E-state index is 12.9. The van der Waals surface area contributed by atoms with Crippen molar-refractivity contribution in [2.75, 3.05) is 0 Å². The highest BCUT2D eigenvalue weighted by atomic mass is 32.1. The lowest BCUT2D eigenvalue weighted by Crippen LogP contribution is -1.95. The Morgan fingerprint density at radius 2 is 2.20 bits per heavy atom. The van der Waals surface area contributed by atoms with Crippen molar-refractivity contribution in [1.29, 1.82) is 0 Å². The number of aryl methyl sites for hydroxylation is 1. The van der Waals surface area contributed by atoms with Crippen LogP contribution in [0.4, 0.5) is 4.39 Å². The first kappa shape index (κ1) is 10.2. The van der Waals surface area contributed by atoms with Crippen molar-refractivity contribution < 1.29 is 9.13 Å². The molecule has 2 aromatic rings. The summed E-state index contributed by atoms with van der Waals surface area (Å²) in [6.07, 6.45) is 0. The molecule has 1 nitrogen and oxygen atoms in total. The van der Waals surface area contributed by atoms with E-state index in [-0.39, 0.29) is 5.82 Å². The summed E-state index contributed by atoms with van der Waals surface area (Å²) >= 11 is 1.63. The summed E-state index contributed by atoms with van der Waals surface area (Å²) in [5.74, 6) is 0.352. The number of halogens is 1. The van der Waals surface area contributed by atoms with Gasteiger partial charge in [0.05, 0.1) is 0 Å². The Labute approximate surface area is 92.1 Å². The smallest absolute Gasteiger partial charge is 0.126 e. The van der Waals surface area contributed by atoms with Gasteiger partial charge >= 0.3 is 0 Å². The van der Waals surface area contributed by atoms with Crippen LogP contribution < -0.4 is 4.74 Å². The topological polar surface area (TPSA) is 9.23 Å². The number of rotatable bonds is 3. The van der Waals surface area contributed by atoms with Gasteiger partial charge in [-0.05, 0) is 30.0 Å². The molecule has 0 bridgehead atoms. The second kappa shape index (κ2) is 4.45. The average Bonchev–Trinajstić information content (AvgIpc) is 2.72. The lowest BCUT2D eigenvalue weighted by Gasteiger charge is -2.07. The van der Waals surface area contributed by atoms with Crippen molar-refractivity contribution >= 4 is 11.3 Å². The molecule has 0 aliphatic rings. The van der Waals surface area contributed by atoms with Crippen molar-refractivity contribution in [3.05, 3.63) is 52.0 Å². The quantitative estimate of drug-likeness (QED) is 0.768. The van der Waals surface area contributed by atoms with Gasteiger partial charge in [-0.3, -0.25) is 0 Å². The first-order valence-corrected chi connectivity index (χ1v) is 5.55. The van der Waals surface area contributed by atoms with E-state index in [1.54, 1.807) is 17.4 Å². The third kappa shape index (κ3) is 2.57. The van der Waals surface area contributed by atoms with Gasteiger partial charge in [0.15, 0.2) is 0 Å². The molecule has 0 spiro atoms. The molecule has 15 heavy (non-hydrogen) atoms. The van der Waals surface area contributed by atoms with Crippen molar-refractivity contribution in [2.24, 2.45) is 0 Å². The first-order valence-electron chi connectivity index (χ1n) is 4.67. The van der Waals surface area contributed by atoms with Crippen LogP contribution >= 0.6 is 11.3 Å². The molecule has 1 heterocycles. The van der Waals surface area contributed by atoms with Crippen molar-refractivity contribution in [3.63, 3.8) is 0 Å². The minimum Gasteiger partial charge on any atom is -0.488 e. The lowest BCUT2D eigenvalue weighted by molar-refractivity contribution is 0.306. The highest BCUT2D eigenvalue weighted by molar-refractivity contribution is 7.09. The van der Waals surface area contributed by atoms with Crippen LogP contribution in [0.2, 0.25) is 0 Å². The van der Waals surface area contributed by atoms with Crippen LogP contribution in [0.1, 0.15) is 10.4 Å². The lowest BCUT2D eigenvalue weighted by atomic mass is 10.2. The Morgan fingerprint density at radius 3 is 2.93 bits per heavy atom. The summed E-state index contributed by atoms with van der Waals surface area (Å²) in [4.78, 5) is 1.14. The average molecular weight is 222 g/mol. The Bertz CT molecular complexity index is 437. The monoisotopic (exact) mass is 222 g/mol. The van der Waals surface area contributed by atoms with E-state index >= 15 is 0 Å². The molecule has 0 amide bonds. The Balaban J connectivity index is 2.07. The predicted molar refractivity (Wildman–Crippen MR) is 59.8 cm³/mol. The zero-order valence-electron chi connectivity index (χ0n) is 8.37. The van der Waals surface area contributed by atoms with E-state index in [1.807, 2.05) is 24.4 Å². The van der Waals surface area contributed by atoms with Gasteiger partial charge in [0.25, 0.3) is 0 Å². The molecule has 0 aliphatic heterocycles. The van der Waals surface area contributed by atoms with Gasteiger partial charge in [-0.25, -0.2) is 4.39 Å². The SMILES string of the molecule is Cc1ccc(F)cc1OCc1cccs1. The molecule has 0 radical (unpaired) electrons. The van der Waals surface area contributed by atoms with E-state index in [9.17, 15) is 4.39 Å². The van der Waals surface area contributed by atoms with E-state index in [2.05, 4.69) is 0 Å². The fourth-order valence-corrected chi connectivity index (χ4v) is 1.89. The van der Waals surface area contributed by atoms with Gasteiger partial charge in [0, 0.05) is 10.9 Å². The first-order chi connectivity index (χ1) is 7.25. The number of thiophene rings is 1. The molecule has 0 N–H and O–H groups in total. The van der Waals surface area contributed by atoms with Crippen LogP contribution in [-0.2, 0) is 6.61 Å². The third-order valence-corrected chi connectivity index (χ3v) is 2.95. The summed E-state index contributed by atoms with van der Waals surface area (Å²) < 4.78 is 18.5. The second-order valence-corrected chi connectivity index (χ2v) is 4.31. The molecule has 0 unspecified atom stereocenters. The molecule has 0 saturated carbocycles. The molecule has 0 fully saturated rings. The molecular formula is C12H11FOS. The van der Waals surface area contributed by atoms with E-state index in [0.717, 1.165) is 10.4 Å². The third-order valence-electron chi connectivity index (χ3n) is 2.10. The Kier molecular flexibility index (Phi) is 3.02. The minimum absolute atomic E-state index is 0.262. The van der Waals surface area contributed by atoms with Crippen LogP contribution in [-0.4, -0.2) is 0 Å². The Morgan fingerprint density at radius 1 is 1.33 bits per heavy atom. The standard InChI is InChI=1S/C12H11FOS/c1-9-4-5-10(13)7-12(9)14-8-11-3-2-6-15-11/h2-7H,8H2,1H3. The number of hydrogen-bond acceptors (Lipinski definition) is 2. The van der Waals surface area contributed by atoms with Crippen LogP contribution in [0.3, 0.4) is 0 Å². The normalized spacial score (nSPS) is 10.3. The van der Waals surface area contributed by atoms with Crippen LogP contribution in [0.5, 0.6) is 5.75 Å². The van der Waals surface area contributed by atoms with Crippen LogP contribution in [0, 0.1) is 12.7 Å². The molecule has 0 saturated heterocycles. The maximum atomic E-state index is 12.9. The number of ether oxygens (including phenoxy) is 1. The molecular weight excluding hydrogens is 211 g/mol. The highest BCUT2D eigenvalue weighted by Gasteiger charge is 2.02. The van der Waals surface area contributed by atoms with Crippen molar-refractivity contribution in [1.82, 2.24) is 0 Å². The molecule has 1 aromatic heterocycles. The molecule has 0 atom stereocenters.